The Morgan fingerprint density at radius 3 is 2.80 bits per heavy atom. The molecule has 1 atom stereocenters. The molecule has 0 spiro atoms. The molecule has 58 valence electrons. The molecule has 1 aliphatic rings. The average molecular weight is 139 g/mol. The van der Waals surface area contributed by atoms with Crippen molar-refractivity contribution in [1.82, 2.24) is 5.32 Å². The summed E-state index contributed by atoms with van der Waals surface area (Å²) in [4.78, 5) is 0. The van der Waals surface area contributed by atoms with Gasteiger partial charge in [0.2, 0.25) is 0 Å². The van der Waals surface area contributed by atoms with Crippen molar-refractivity contribution in [3.63, 3.8) is 0 Å². The lowest BCUT2D eigenvalue weighted by atomic mass is 9.93. The molecule has 1 fully saturated rings. The minimum absolute atomic E-state index is 0.367. The first-order valence-electron chi connectivity index (χ1n) is 4.02. The largest absolute Gasteiger partial charge is 0.311 e. The first-order valence-corrected chi connectivity index (χ1v) is 4.02. The molecule has 0 aromatic heterocycles. The summed E-state index contributed by atoms with van der Waals surface area (Å²) in [5.41, 5.74) is 1.66. The van der Waals surface area contributed by atoms with Crippen LogP contribution < -0.4 is 5.32 Å². The molecule has 10 heavy (non-hydrogen) atoms. The van der Waals surface area contributed by atoms with Gasteiger partial charge >= 0.3 is 0 Å². The van der Waals surface area contributed by atoms with Crippen LogP contribution in [0.5, 0.6) is 0 Å². The van der Waals surface area contributed by atoms with Gasteiger partial charge in [-0.05, 0) is 39.7 Å². The maximum Gasteiger partial charge on any atom is 0.0190 e. The minimum Gasteiger partial charge on any atom is -0.311 e. The van der Waals surface area contributed by atoms with Crippen molar-refractivity contribution in [2.45, 2.75) is 38.6 Å². The van der Waals surface area contributed by atoms with E-state index in [1.807, 2.05) is 0 Å². The Morgan fingerprint density at radius 1 is 1.70 bits per heavy atom. The van der Waals surface area contributed by atoms with Crippen LogP contribution in [0.3, 0.4) is 0 Å². The summed E-state index contributed by atoms with van der Waals surface area (Å²) in [6, 6.07) is 0. The zero-order valence-electron chi connectivity index (χ0n) is 7.04. The summed E-state index contributed by atoms with van der Waals surface area (Å²) < 4.78 is 0. The average Bonchev–Trinajstić information content (AvgIpc) is 2.12. The molecule has 0 amide bonds. The number of hydrogen-bond acceptors (Lipinski definition) is 1. The smallest absolute Gasteiger partial charge is 0.0190 e. The first-order chi connectivity index (χ1) is 4.62. The highest BCUT2D eigenvalue weighted by Crippen LogP contribution is 2.24. The zero-order chi connectivity index (χ0) is 7.61. The summed E-state index contributed by atoms with van der Waals surface area (Å²) in [5, 5.41) is 3.50. The van der Waals surface area contributed by atoms with E-state index in [4.69, 9.17) is 0 Å². The van der Waals surface area contributed by atoms with Crippen LogP contribution in [0.15, 0.2) is 12.2 Å². The molecule has 1 heteroatoms. The Labute approximate surface area is 63.5 Å². The van der Waals surface area contributed by atoms with Gasteiger partial charge in [0.25, 0.3) is 0 Å². The van der Waals surface area contributed by atoms with Crippen molar-refractivity contribution in [1.29, 1.82) is 0 Å². The number of hydrogen-bond donors (Lipinski definition) is 1. The van der Waals surface area contributed by atoms with Crippen LogP contribution in [-0.4, -0.2) is 12.1 Å². The van der Waals surface area contributed by atoms with Crippen molar-refractivity contribution < 1.29 is 0 Å². The van der Waals surface area contributed by atoms with Crippen LogP contribution >= 0.6 is 0 Å². The number of rotatable bonds is 2. The zero-order valence-corrected chi connectivity index (χ0v) is 7.04. The lowest BCUT2D eigenvalue weighted by molar-refractivity contribution is 0.412. The molecule has 0 radical (unpaired) electrons. The molecule has 1 saturated heterocycles. The molecule has 0 aliphatic carbocycles. The molecule has 0 aromatic rings. The predicted octanol–water partition coefficient (Wildman–Crippen LogP) is 2.09. The second-order valence-electron chi connectivity index (χ2n) is 3.72. The van der Waals surface area contributed by atoms with Crippen molar-refractivity contribution in [3.8, 4) is 0 Å². The second kappa shape index (κ2) is 2.75. The fourth-order valence-electron chi connectivity index (χ4n) is 1.77. The highest BCUT2D eigenvalue weighted by atomic mass is 15.0. The highest BCUT2D eigenvalue weighted by Gasteiger charge is 2.27. The Kier molecular flexibility index (Phi) is 2.14. The maximum atomic E-state index is 3.92. The molecule has 0 bridgehead atoms. The topological polar surface area (TPSA) is 12.0 Å². The van der Waals surface area contributed by atoms with E-state index < -0.39 is 0 Å². The van der Waals surface area contributed by atoms with E-state index in [1.54, 1.807) is 0 Å². The van der Waals surface area contributed by atoms with Gasteiger partial charge in [-0.25, -0.2) is 0 Å². The molecule has 1 unspecified atom stereocenters. The van der Waals surface area contributed by atoms with Gasteiger partial charge < -0.3 is 5.32 Å². The highest BCUT2D eigenvalue weighted by molar-refractivity contribution is 5.01. The van der Waals surface area contributed by atoms with Gasteiger partial charge in [-0.3, -0.25) is 0 Å². The summed E-state index contributed by atoms with van der Waals surface area (Å²) >= 11 is 0. The summed E-state index contributed by atoms with van der Waals surface area (Å²) in [6.07, 6.45) is 3.76. The van der Waals surface area contributed by atoms with Gasteiger partial charge in [-0.2, -0.15) is 0 Å². The van der Waals surface area contributed by atoms with E-state index in [-0.39, 0.29) is 0 Å². The molecule has 1 heterocycles. The van der Waals surface area contributed by atoms with Gasteiger partial charge in [0.05, 0.1) is 0 Å². The van der Waals surface area contributed by atoms with Gasteiger partial charge in [0, 0.05) is 5.54 Å². The Hall–Kier alpha value is -0.300. The third-order valence-corrected chi connectivity index (χ3v) is 2.15. The van der Waals surface area contributed by atoms with E-state index in [2.05, 4.69) is 25.7 Å². The second-order valence-corrected chi connectivity index (χ2v) is 3.72. The van der Waals surface area contributed by atoms with Crippen LogP contribution in [0.4, 0.5) is 0 Å². The Bertz CT molecular complexity index is 132. The molecule has 1 rings (SSSR count). The Balaban J connectivity index is 2.43. The van der Waals surface area contributed by atoms with E-state index in [0.29, 0.717) is 5.54 Å². The van der Waals surface area contributed by atoms with Crippen LogP contribution in [0.1, 0.15) is 33.1 Å². The van der Waals surface area contributed by atoms with E-state index in [1.165, 1.54) is 25.0 Å². The van der Waals surface area contributed by atoms with E-state index in [9.17, 15) is 0 Å². The molecule has 1 nitrogen and oxygen atoms in total. The van der Waals surface area contributed by atoms with Gasteiger partial charge in [-0.15, -0.1) is 6.58 Å². The monoisotopic (exact) mass is 139 g/mol. The Morgan fingerprint density at radius 2 is 2.40 bits per heavy atom. The molecule has 1 aliphatic heterocycles. The standard InChI is InChI=1S/C9H17N/c1-8(2)7-9(3)5-4-6-10-9/h10H,1,4-7H2,2-3H3. The lowest BCUT2D eigenvalue weighted by Crippen LogP contribution is -2.36. The maximum absolute atomic E-state index is 3.92. The fourth-order valence-corrected chi connectivity index (χ4v) is 1.77. The van der Waals surface area contributed by atoms with Crippen molar-refractivity contribution in [2.24, 2.45) is 0 Å². The molecule has 0 saturated carbocycles. The normalized spacial score (nSPS) is 32.6. The van der Waals surface area contributed by atoms with E-state index >= 15 is 0 Å². The quantitative estimate of drug-likeness (QED) is 0.578. The predicted molar refractivity (Wildman–Crippen MR) is 45.1 cm³/mol. The van der Waals surface area contributed by atoms with E-state index in [0.717, 1.165) is 6.42 Å². The fraction of sp³-hybridized carbons (Fsp3) is 0.778. The molecule has 0 aromatic carbocycles. The molecular formula is C9H17N. The van der Waals surface area contributed by atoms with Gasteiger partial charge in [0.1, 0.15) is 0 Å². The van der Waals surface area contributed by atoms with Gasteiger partial charge in [-0.1, -0.05) is 5.57 Å². The van der Waals surface area contributed by atoms with Crippen molar-refractivity contribution >= 4 is 0 Å². The molecule has 1 N–H and O–H groups in total. The van der Waals surface area contributed by atoms with Crippen molar-refractivity contribution in [3.05, 3.63) is 12.2 Å². The van der Waals surface area contributed by atoms with Crippen LogP contribution in [0.25, 0.3) is 0 Å². The summed E-state index contributed by atoms with van der Waals surface area (Å²) in [6.45, 7) is 9.50. The number of nitrogens with one attached hydrogen (secondary N) is 1. The summed E-state index contributed by atoms with van der Waals surface area (Å²) in [7, 11) is 0. The summed E-state index contributed by atoms with van der Waals surface area (Å²) in [5.74, 6) is 0. The lowest BCUT2D eigenvalue weighted by Gasteiger charge is -2.24. The van der Waals surface area contributed by atoms with Crippen LogP contribution in [0, 0.1) is 0 Å². The third kappa shape index (κ3) is 1.84. The van der Waals surface area contributed by atoms with Crippen molar-refractivity contribution in [2.75, 3.05) is 6.54 Å². The minimum atomic E-state index is 0.367. The van der Waals surface area contributed by atoms with Crippen LogP contribution in [0.2, 0.25) is 0 Å². The third-order valence-electron chi connectivity index (χ3n) is 2.15. The molecular weight excluding hydrogens is 122 g/mol. The first kappa shape index (κ1) is 7.80. The van der Waals surface area contributed by atoms with Crippen LogP contribution in [-0.2, 0) is 0 Å². The van der Waals surface area contributed by atoms with Gasteiger partial charge in [0.15, 0.2) is 0 Å². The SMILES string of the molecule is C=C(C)CC1(C)CCCN1.